The van der Waals surface area contributed by atoms with E-state index in [0.29, 0.717) is 5.56 Å². The van der Waals surface area contributed by atoms with Crippen LogP contribution in [0.15, 0.2) is 18.2 Å². The smallest absolute Gasteiger partial charge is 0.338 e. The van der Waals surface area contributed by atoms with E-state index in [-0.39, 0.29) is 11.1 Å². The van der Waals surface area contributed by atoms with Crippen LogP contribution in [0.5, 0.6) is 0 Å². The molecule has 92 valence electrons. The number of hydrogen-bond acceptors (Lipinski definition) is 5. The quantitative estimate of drug-likeness (QED) is 0.804. The fraction of sp³-hybridized carbons (Fsp3) is 0.333. The van der Waals surface area contributed by atoms with Gasteiger partial charge in [-0.3, -0.25) is 0 Å². The summed E-state index contributed by atoms with van der Waals surface area (Å²) >= 11 is 0. The van der Waals surface area contributed by atoms with Gasteiger partial charge in [0.25, 0.3) is 0 Å². The Hall–Kier alpha value is -1.88. The number of carbonyl (C=O) groups excluding carboxylic acids is 2. The average molecular weight is 238 g/mol. The molecule has 1 unspecified atom stereocenters. The Balaban J connectivity index is 3.31. The molecule has 1 aromatic carbocycles. The maximum atomic E-state index is 11.5. The zero-order chi connectivity index (χ0) is 13.0. The minimum Gasteiger partial charge on any atom is -0.465 e. The molecule has 0 aromatic heterocycles. The van der Waals surface area contributed by atoms with Crippen LogP contribution in [0.2, 0.25) is 0 Å². The van der Waals surface area contributed by atoms with Crippen molar-refractivity contribution in [3.05, 3.63) is 34.9 Å². The fourth-order valence-corrected chi connectivity index (χ4v) is 1.39. The Kier molecular flexibility index (Phi) is 4.23. The molecule has 0 heterocycles. The lowest BCUT2D eigenvalue weighted by Gasteiger charge is -2.10. The number of aliphatic hydroxyl groups excluding tert-OH is 1. The summed E-state index contributed by atoms with van der Waals surface area (Å²) in [6.45, 7) is 1.56. The summed E-state index contributed by atoms with van der Waals surface area (Å²) in [6, 6.07) is 4.41. The molecule has 0 saturated carbocycles. The molecular weight excluding hydrogens is 224 g/mol. The summed E-state index contributed by atoms with van der Waals surface area (Å²) in [5.74, 6) is -1.27. The molecule has 0 aliphatic carbocycles. The highest BCUT2D eigenvalue weighted by Gasteiger charge is 2.19. The predicted octanol–water partition coefficient (Wildman–Crippen LogP) is 1.31. The van der Waals surface area contributed by atoms with Crippen molar-refractivity contribution in [3.63, 3.8) is 0 Å². The zero-order valence-electron chi connectivity index (χ0n) is 9.89. The van der Waals surface area contributed by atoms with Crippen molar-refractivity contribution in [2.24, 2.45) is 0 Å². The number of aliphatic hydroxyl groups is 1. The number of hydrogen-bond donors (Lipinski definition) is 1. The molecule has 1 N–H and O–H groups in total. The highest BCUT2D eigenvalue weighted by Crippen LogP contribution is 2.19. The van der Waals surface area contributed by atoms with Gasteiger partial charge in [0.05, 0.1) is 31.5 Å². The first-order valence-corrected chi connectivity index (χ1v) is 5.00. The summed E-state index contributed by atoms with van der Waals surface area (Å²) in [6.07, 6.45) is -0.731. The van der Waals surface area contributed by atoms with E-state index in [9.17, 15) is 14.7 Å². The molecule has 0 aliphatic heterocycles. The van der Waals surface area contributed by atoms with E-state index in [1.807, 2.05) is 0 Å². The van der Waals surface area contributed by atoms with Gasteiger partial charge in [-0.05, 0) is 24.6 Å². The van der Waals surface area contributed by atoms with Gasteiger partial charge >= 0.3 is 11.9 Å². The number of benzene rings is 1. The number of methoxy groups -OCH3 is 2. The molecule has 0 amide bonds. The van der Waals surface area contributed by atoms with E-state index in [2.05, 4.69) is 9.47 Å². The molecule has 1 aromatic rings. The highest BCUT2D eigenvalue weighted by atomic mass is 16.5. The Labute approximate surface area is 99.0 Å². The Morgan fingerprint density at radius 1 is 1.12 bits per heavy atom. The first-order valence-electron chi connectivity index (χ1n) is 5.00. The van der Waals surface area contributed by atoms with Crippen LogP contribution < -0.4 is 0 Å². The van der Waals surface area contributed by atoms with Crippen LogP contribution in [0.25, 0.3) is 0 Å². The molecular formula is C12H14O5. The summed E-state index contributed by atoms with van der Waals surface area (Å²) in [5.41, 5.74) is 0.722. The van der Waals surface area contributed by atoms with Gasteiger partial charge in [0.15, 0.2) is 0 Å². The SMILES string of the molecule is COC(=O)c1ccc(C(C)O)cc1C(=O)OC. The van der Waals surface area contributed by atoms with E-state index in [0.717, 1.165) is 0 Å². The lowest BCUT2D eigenvalue weighted by molar-refractivity contribution is 0.0555. The second-order valence-corrected chi connectivity index (χ2v) is 3.46. The second kappa shape index (κ2) is 5.45. The van der Waals surface area contributed by atoms with Crippen LogP contribution >= 0.6 is 0 Å². The monoisotopic (exact) mass is 238 g/mol. The van der Waals surface area contributed by atoms with Gasteiger partial charge in [-0.15, -0.1) is 0 Å². The van der Waals surface area contributed by atoms with Crippen LogP contribution in [0.4, 0.5) is 0 Å². The number of esters is 2. The van der Waals surface area contributed by atoms with Gasteiger partial charge in [0, 0.05) is 0 Å². The third-order valence-electron chi connectivity index (χ3n) is 2.34. The van der Waals surface area contributed by atoms with Gasteiger partial charge in [0.2, 0.25) is 0 Å². The maximum Gasteiger partial charge on any atom is 0.338 e. The molecule has 1 atom stereocenters. The van der Waals surface area contributed by atoms with E-state index in [1.54, 1.807) is 13.0 Å². The average Bonchev–Trinajstić information content (AvgIpc) is 2.35. The lowest BCUT2D eigenvalue weighted by Crippen LogP contribution is -2.12. The van der Waals surface area contributed by atoms with E-state index in [4.69, 9.17) is 0 Å². The lowest BCUT2D eigenvalue weighted by atomic mass is 10.0. The summed E-state index contributed by atoms with van der Waals surface area (Å²) < 4.78 is 9.14. The van der Waals surface area contributed by atoms with Crippen LogP contribution in [0, 0.1) is 0 Å². The van der Waals surface area contributed by atoms with Gasteiger partial charge in [0.1, 0.15) is 0 Å². The molecule has 0 radical (unpaired) electrons. The topological polar surface area (TPSA) is 72.8 Å². The number of ether oxygens (including phenoxy) is 2. The molecule has 5 nitrogen and oxygen atoms in total. The van der Waals surface area contributed by atoms with Gasteiger partial charge in [-0.25, -0.2) is 9.59 Å². The van der Waals surface area contributed by atoms with E-state index in [1.165, 1.54) is 26.4 Å². The first-order chi connectivity index (χ1) is 8.01. The normalized spacial score (nSPS) is 11.8. The largest absolute Gasteiger partial charge is 0.465 e. The van der Waals surface area contributed by atoms with Crippen LogP contribution in [-0.4, -0.2) is 31.3 Å². The van der Waals surface area contributed by atoms with Crippen molar-refractivity contribution in [1.29, 1.82) is 0 Å². The molecule has 0 aliphatic rings. The third-order valence-corrected chi connectivity index (χ3v) is 2.34. The summed E-state index contributed by atoms with van der Waals surface area (Å²) in [4.78, 5) is 23.0. The van der Waals surface area contributed by atoms with Crippen molar-refractivity contribution < 1.29 is 24.2 Å². The number of carbonyl (C=O) groups is 2. The van der Waals surface area contributed by atoms with E-state index < -0.39 is 18.0 Å². The predicted molar refractivity (Wildman–Crippen MR) is 59.8 cm³/mol. The Bertz CT molecular complexity index is 437. The number of rotatable bonds is 3. The second-order valence-electron chi connectivity index (χ2n) is 3.46. The third kappa shape index (κ3) is 2.82. The van der Waals surface area contributed by atoms with Crippen molar-refractivity contribution >= 4 is 11.9 Å². The van der Waals surface area contributed by atoms with Crippen LogP contribution in [0.1, 0.15) is 39.3 Å². The Morgan fingerprint density at radius 3 is 2.12 bits per heavy atom. The van der Waals surface area contributed by atoms with Crippen molar-refractivity contribution in [2.45, 2.75) is 13.0 Å². The molecule has 0 saturated heterocycles. The van der Waals surface area contributed by atoms with Crippen LogP contribution in [-0.2, 0) is 9.47 Å². The summed E-state index contributed by atoms with van der Waals surface area (Å²) in [7, 11) is 2.45. The Morgan fingerprint density at radius 2 is 1.65 bits per heavy atom. The van der Waals surface area contributed by atoms with Gasteiger partial charge < -0.3 is 14.6 Å². The fourth-order valence-electron chi connectivity index (χ4n) is 1.39. The molecule has 0 bridgehead atoms. The molecule has 5 heteroatoms. The summed E-state index contributed by atoms with van der Waals surface area (Å²) in [5, 5.41) is 9.42. The van der Waals surface area contributed by atoms with Crippen molar-refractivity contribution in [1.82, 2.24) is 0 Å². The molecule has 0 spiro atoms. The van der Waals surface area contributed by atoms with Gasteiger partial charge in [-0.2, -0.15) is 0 Å². The molecule has 0 fully saturated rings. The van der Waals surface area contributed by atoms with Crippen LogP contribution in [0.3, 0.4) is 0 Å². The van der Waals surface area contributed by atoms with Crippen molar-refractivity contribution in [3.8, 4) is 0 Å². The standard InChI is InChI=1S/C12H14O5/c1-7(13)8-4-5-9(11(14)16-2)10(6-8)12(15)17-3/h4-7,13H,1-3H3. The molecule has 1 rings (SSSR count). The first kappa shape index (κ1) is 13.2. The zero-order valence-corrected chi connectivity index (χ0v) is 9.89. The molecule has 17 heavy (non-hydrogen) atoms. The van der Waals surface area contributed by atoms with Crippen molar-refractivity contribution in [2.75, 3.05) is 14.2 Å². The van der Waals surface area contributed by atoms with Gasteiger partial charge in [-0.1, -0.05) is 6.07 Å². The highest BCUT2D eigenvalue weighted by molar-refractivity contribution is 6.03. The minimum absolute atomic E-state index is 0.0813. The maximum absolute atomic E-state index is 11.5. The van der Waals surface area contributed by atoms with E-state index >= 15 is 0 Å². The minimum atomic E-state index is -0.731.